The molecule has 0 bridgehead atoms. The maximum Gasteiger partial charge on any atom is 0.230 e. The zero-order valence-electron chi connectivity index (χ0n) is 11.8. The minimum Gasteiger partial charge on any atom is -0.367 e. The number of nitrogens with two attached hydrogens (primary N) is 1. The van der Waals surface area contributed by atoms with Crippen molar-refractivity contribution in [3.8, 4) is 11.1 Å². The van der Waals surface area contributed by atoms with Crippen molar-refractivity contribution >= 4 is 5.88 Å². The first-order chi connectivity index (χ1) is 9.24. The average molecular weight is 258 g/mol. The summed E-state index contributed by atoms with van der Waals surface area (Å²) in [4.78, 5) is 0. The normalized spacial score (nSPS) is 10.8. The van der Waals surface area contributed by atoms with Crippen LogP contribution in [0.1, 0.15) is 43.9 Å². The van der Waals surface area contributed by atoms with Crippen LogP contribution < -0.4 is 5.73 Å². The highest BCUT2D eigenvalue weighted by Crippen LogP contribution is 2.32. The van der Waals surface area contributed by atoms with E-state index in [1.807, 2.05) is 12.1 Å². The van der Waals surface area contributed by atoms with Crippen LogP contribution in [0.25, 0.3) is 11.1 Å². The van der Waals surface area contributed by atoms with E-state index in [0.29, 0.717) is 5.88 Å². The van der Waals surface area contributed by atoms with E-state index in [1.54, 1.807) is 0 Å². The minimum atomic E-state index is 0.430. The van der Waals surface area contributed by atoms with Gasteiger partial charge >= 0.3 is 0 Å². The lowest BCUT2D eigenvalue weighted by Gasteiger charge is -2.06. The summed E-state index contributed by atoms with van der Waals surface area (Å²) < 4.78 is 5.19. The molecule has 3 nitrogen and oxygen atoms in total. The summed E-state index contributed by atoms with van der Waals surface area (Å²) in [6.07, 6.45) is 5.82. The van der Waals surface area contributed by atoms with Crippen molar-refractivity contribution in [3.05, 3.63) is 35.5 Å². The van der Waals surface area contributed by atoms with Gasteiger partial charge < -0.3 is 10.3 Å². The number of unbranched alkanes of at least 4 members (excludes halogenated alkanes) is 3. The fourth-order valence-corrected chi connectivity index (χ4v) is 2.37. The largest absolute Gasteiger partial charge is 0.367 e. The second kappa shape index (κ2) is 6.41. The van der Waals surface area contributed by atoms with Gasteiger partial charge in [0.1, 0.15) is 0 Å². The number of rotatable bonds is 6. The minimum absolute atomic E-state index is 0.430. The maximum atomic E-state index is 5.94. The molecule has 0 aliphatic carbocycles. The number of anilines is 1. The maximum absolute atomic E-state index is 5.94. The van der Waals surface area contributed by atoms with Crippen LogP contribution >= 0.6 is 0 Å². The van der Waals surface area contributed by atoms with Gasteiger partial charge in [0.25, 0.3) is 0 Å². The molecule has 0 radical (unpaired) electrons. The molecule has 1 heterocycles. The molecular weight excluding hydrogens is 236 g/mol. The third-order valence-corrected chi connectivity index (χ3v) is 3.47. The summed E-state index contributed by atoms with van der Waals surface area (Å²) in [6, 6.07) is 8.22. The Morgan fingerprint density at radius 3 is 2.68 bits per heavy atom. The van der Waals surface area contributed by atoms with Gasteiger partial charge in [-0.15, -0.1) is 0 Å². The molecule has 1 aromatic heterocycles. The Balaban J connectivity index is 2.21. The number of aryl methyl sites for hydroxylation is 2. The molecule has 0 aliphatic heterocycles. The molecule has 3 heteroatoms. The van der Waals surface area contributed by atoms with Crippen molar-refractivity contribution in [1.82, 2.24) is 5.16 Å². The van der Waals surface area contributed by atoms with Gasteiger partial charge in [-0.1, -0.05) is 55.6 Å². The third kappa shape index (κ3) is 3.16. The van der Waals surface area contributed by atoms with Crippen molar-refractivity contribution in [2.75, 3.05) is 5.73 Å². The highest BCUT2D eigenvalue weighted by molar-refractivity contribution is 5.77. The van der Waals surface area contributed by atoms with Crippen LogP contribution in [0.2, 0.25) is 0 Å². The van der Waals surface area contributed by atoms with E-state index < -0.39 is 0 Å². The highest BCUT2D eigenvalue weighted by Gasteiger charge is 2.16. The second-order valence-electron chi connectivity index (χ2n) is 4.99. The van der Waals surface area contributed by atoms with Gasteiger partial charge in [0, 0.05) is 0 Å². The van der Waals surface area contributed by atoms with Crippen LogP contribution in [0.15, 0.2) is 28.8 Å². The van der Waals surface area contributed by atoms with Gasteiger partial charge in [-0.25, -0.2) is 0 Å². The number of nitrogen functional groups attached to an aromatic ring is 1. The van der Waals surface area contributed by atoms with Crippen molar-refractivity contribution in [1.29, 1.82) is 0 Å². The smallest absolute Gasteiger partial charge is 0.230 e. The van der Waals surface area contributed by atoms with Crippen molar-refractivity contribution in [3.63, 3.8) is 0 Å². The van der Waals surface area contributed by atoms with E-state index in [0.717, 1.165) is 29.7 Å². The molecule has 0 saturated heterocycles. The van der Waals surface area contributed by atoms with Gasteiger partial charge in [0.05, 0.1) is 11.3 Å². The summed E-state index contributed by atoms with van der Waals surface area (Å²) in [6.45, 7) is 4.30. The molecule has 1 aromatic carbocycles. The van der Waals surface area contributed by atoms with Crippen LogP contribution in [0.5, 0.6) is 0 Å². The topological polar surface area (TPSA) is 52.0 Å². The van der Waals surface area contributed by atoms with E-state index in [-0.39, 0.29) is 0 Å². The molecule has 0 atom stereocenters. The zero-order chi connectivity index (χ0) is 13.7. The molecule has 2 N–H and O–H groups in total. The lowest BCUT2D eigenvalue weighted by atomic mass is 9.98. The Kier molecular flexibility index (Phi) is 4.61. The van der Waals surface area contributed by atoms with E-state index in [9.17, 15) is 0 Å². The Bertz CT molecular complexity index is 531. The first-order valence-corrected chi connectivity index (χ1v) is 7.04. The van der Waals surface area contributed by atoms with Crippen molar-refractivity contribution in [2.24, 2.45) is 0 Å². The SMILES string of the molecule is CCCCCCc1noc(N)c1-c1ccccc1C. The van der Waals surface area contributed by atoms with Crippen LogP contribution in [0.4, 0.5) is 5.88 Å². The summed E-state index contributed by atoms with van der Waals surface area (Å²) in [5, 5.41) is 4.13. The molecule has 19 heavy (non-hydrogen) atoms. The molecule has 0 spiro atoms. The summed E-state index contributed by atoms with van der Waals surface area (Å²) >= 11 is 0. The average Bonchev–Trinajstić information content (AvgIpc) is 2.77. The quantitative estimate of drug-likeness (QED) is 0.783. The first kappa shape index (κ1) is 13.7. The third-order valence-electron chi connectivity index (χ3n) is 3.47. The van der Waals surface area contributed by atoms with E-state index in [4.69, 9.17) is 10.3 Å². The van der Waals surface area contributed by atoms with E-state index in [2.05, 4.69) is 31.1 Å². The molecule has 0 amide bonds. The number of hydrogen-bond acceptors (Lipinski definition) is 3. The Labute approximate surface area is 114 Å². The predicted octanol–water partition coefficient (Wildman–Crippen LogP) is 4.36. The molecule has 2 aromatic rings. The molecule has 0 saturated carbocycles. The van der Waals surface area contributed by atoms with Crippen LogP contribution in [0.3, 0.4) is 0 Å². The van der Waals surface area contributed by atoms with Crippen LogP contribution in [0, 0.1) is 6.92 Å². The lowest BCUT2D eigenvalue weighted by molar-refractivity contribution is 0.426. The second-order valence-corrected chi connectivity index (χ2v) is 4.99. The van der Waals surface area contributed by atoms with Gasteiger partial charge in [-0.05, 0) is 30.9 Å². The predicted molar refractivity (Wildman–Crippen MR) is 78.9 cm³/mol. The molecule has 0 unspecified atom stereocenters. The van der Waals surface area contributed by atoms with Gasteiger partial charge in [-0.2, -0.15) is 0 Å². The standard InChI is InChI=1S/C16H22N2O/c1-3-4-5-6-11-14-15(16(17)19-18-14)13-10-8-7-9-12(13)2/h7-10H,3-6,11,17H2,1-2H3. The molecular formula is C16H22N2O. The fourth-order valence-electron chi connectivity index (χ4n) is 2.37. The zero-order valence-corrected chi connectivity index (χ0v) is 11.8. The summed E-state index contributed by atoms with van der Waals surface area (Å²) in [5.74, 6) is 0.430. The molecule has 0 fully saturated rings. The van der Waals surface area contributed by atoms with Crippen molar-refractivity contribution < 1.29 is 4.52 Å². The summed E-state index contributed by atoms with van der Waals surface area (Å²) in [5.41, 5.74) is 10.2. The Morgan fingerprint density at radius 2 is 1.95 bits per heavy atom. The molecule has 0 aliphatic rings. The number of benzene rings is 1. The number of aromatic nitrogens is 1. The number of nitrogens with zero attached hydrogens (tertiary/aromatic N) is 1. The van der Waals surface area contributed by atoms with Crippen LogP contribution in [-0.4, -0.2) is 5.16 Å². The fraction of sp³-hybridized carbons (Fsp3) is 0.438. The van der Waals surface area contributed by atoms with Gasteiger partial charge in [0.2, 0.25) is 5.88 Å². The van der Waals surface area contributed by atoms with Gasteiger partial charge in [0.15, 0.2) is 0 Å². The van der Waals surface area contributed by atoms with Gasteiger partial charge in [-0.3, -0.25) is 0 Å². The number of hydrogen-bond donors (Lipinski definition) is 1. The molecule has 2 rings (SSSR count). The monoisotopic (exact) mass is 258 g/mol. The van der Waals surface area contributed by atoms with E-state index >= 15 is 0 Å². The Hall–Kier alpha value is -1.77. The highest BCUT2D eigenvalue weighted by atomic mass is 16.5. The van der Waals surface area contributed by atoms with E-state index in [1.165, 1.54) is 24.8 Å². The summed E-state index contributed by atoms with van der Waals surface area (Å²) in [7, 11) is 0. The Morgan fingerprint density at radius 1 is 1.16 bits per heavy atom. The lowest BCUT2D eigenvalue weighted by Crippen LogP contribution is -1.93. The van der Waals surface area contributed by atoms with Crippen molar-refractivity contribution in [2.45, 2.75) is 46.0 Å². The van der Waals surface area contributed by atoms with Crippen LogP contribution in [-0.2, 0) is 6.42 Å². The molecule has 102 valence electrons. The first-order valence-electron chi connectivity index (χ1n) is 7.04.